The van der Waals surface area contributed by atoms with Crippen LogP contribution in [0.1, 0.15) is 63.0 Å². The second kappa shape index (κ2) is 13.0. The van der Waals surface area contributed by atoms with E-state index in [1.807, 2.05) is 0 Å². The number of tetrazole rings is 1. The molecule has 1 saturated heterocycles. The SMILES string of the molecule is C=C[C@@H]1C[C@]1(NC(=O)[C@@H]1C[C@@H](n2nnc(-c3ccc(OC)cc3)n2)CN1C(=O)[C@@H](NC(=O)c1ccc[nH]1)C(C)(C)C)C(=O)NS(=O)(=O)C1CC1. The van der Waals surface area contributed by atoms with E-state index < -0.39 is 73.9 Å². The number of sulfonamides is 1. The fourth-order valence-electron chi connectivity index (χ4n) is 6.22. The minimum atomic E-state index is -3.89. The summed E-state index contributed by atoms with van der Waals surface area (Å²) in [4.78, 5) is 60.8. The topological polar surface area (TPSA) is 210 Å². The number of H-pyrrole nitrogens is 1. The summed E-state index contributed by atoms with van der Waals surface area (Å²) in [6.45, 7) is 9.14. The van der Waals surface area contributed by atoms with E-state index in [4.69, 9.17) is 4.74 Å². The summed E-state index contributed by atoms with van der Waals surface area (Å²) in [7, 11) is -2.33. The van der Waals surface area contributed by atoms with Gasteiger partial charge in [-0.2, -0.15) is 4.80 Å². The van der Waals surface area contributed by atoms with Gasteiger partial charge in [0, 0.05) is 30.6 Å². The average molecular weight is 708 g/mol. The zero-order valence-corrected chi connectivity index (χ0v) is 29.1. The van der Waals surface area contributed by atoms with Crippen molar-refractivity contribution in [2.24, 2.45) is 11.3 Å². The van der Waals surface area contributed by atoms with E-state index in [-0.39, 0.29) is 25.1 Å². The van der Waals surface area contributed by atoms with Gasteiger partial charge in [-0.1, -0.05) is 26.8 Å². The maximum absolute atomic E-state index is 14.4. The minimum absolute atomic E-state index is 0.0135. The lowest BCUT2D eigenvalue weighted by Gasteiger charge is -2.35. The Morgan fingerprint density at radius 2 is 1.86 bits per heavy atom. The molecule has 1 aromatic carbocycles. The van der Waals surface area contributed by atoms with Gasteiger partial charge in [-0.05, 0) is 66.3 Å². The summed E-state index contributed by atoms with van der Waals surface area (Å²) in [5.41, 5.74) is -1.40. The number of benzene rings is 1. The van der Waals surface area contributed by atoms with Gasteiger partial charge in [-0.25, -0.2) is 8.42 Å². The molecule has 4 N–H and O–H groups in total. The number of aromatic amines is 1. The Morgan fingerprint density at radius 1 is 1.14 bits per heavy atom. The molecule has 1 aliphatic heterocycles. The van der Waals surface area contributed by atoms with Gasteiger partial charge < -0.3 is 25.3 Å². The number of carbonyl (C=O) groups is 4. The van der Waals surface area contributed by atoms with Crippen molar-refractivity contribution in [1.82, 2.24) is 45.4 Å². The van der Waals surface area contributed by atoms with Gasteiger partial charge in [-0.15, -0.1) is 16.8 Å². The molecule has 2 aromatic heterocycles. The van der Waals surface area contributed by atoms with Crippen LogP contribution in [0, 0.1) is 11.3 Å². The first-order valence-corrected chi connectivity index (χ1v) is 17.9. The molecule has 4 amide bonds. The average Bonchev–Trinajstić information content (AvgIpc) is 3.82. The highest BCUT2D eigenvalue weighted by Gasteiger charge is 2.62. The van der Waals surface area contributed by atoms with Crippen LogP contribution in [0.3, 0.4) is 0 Å². The largest absolute Gasteiger partial charge is 0.497 e. The maximum Gasteiger partial charge on any atom is 0.268 e. The molecule has 0 spiro atoms. The van der Waals surface area contributed by atoms with Crippen LogP contribution in [0.15, 0.2) is 55.3 Å². The van der Waals surface area contributed by atoms with Crippen molar-refractivity contribution in [2.45, 2.75) is 75.4 Å². The van der Waals surface area contributed by atoms with Crippen molar-refractivity contribution in [1.29, 1.82) is 0 Å². The Kier molecular flexibility index (Phi) is 9.05. The van der Waals surface area contributed by atoms with Crippen molar-refractivity contribution in [2.75, 3.05) is 13.7 Å². The van der Waals surface area contributed by atoms with Crippen LogP contribution in [0.2, 0.25) is 0 Å². The predicted octanol–water partition coefficient (Wildman–Crippen LogP) is 1.33. The summed E-state index contributed by atoms with van der Waals surface area (Å²) < 4.78 is 32.7. The third-order valence-corrected chi connectivity index (χ3v) is 11.3. The molecule has 17 heteroatoms. The Bertz CT molecular complexity index is 1900. The van der Waals surface area contributed by atoms with Gasteiger partial charge in [0.1, 0.15) is 29.1 Å². The van der Waals surface area contributed by atoms with Gasteiger partial charge in [0.05, 0.1) is 18.4 Å². The van der Waals surface area contributed by atoms with Crippen LogP contribution in [-0.2, 0) is 24.4 Å². The van der Waals surface area contributed by atoms with Crippen LogP contribution < -0.4 is 20.1 Å². The third kappa shape index (κ3) is 6.86. The van der Waals surface area contributed by atoms with Gasteiger partial charge in [0.2, 0.25) is 27.7 Å². The molecule has 3 heterocycles. The lowest BCUT2D eigenvalue weighted by atomic mass is 9.85. The number of ether oxygens (including phenoxy) is 1. The number of carbonyl (C=O) groups excluding carboxylic acids is 4. The zero-order valence-electron chi connectivity index (χ0n) is 28.3. The van der Waals surface area contributed by atoms with Crippen LogP contribution in [0.5, 0.6) is 5.75 Å². The molecule has 3 aromatic rings. The van der Waals surface area contributed by atoms with Crippen molar-refractivity contribution in [3.63, 3.8) is 0 Å². The van der Waals surface area contributed by atoms with Crippen molar-refractivity contribution < 1.29 is 32.3 Å². The van der Waals surface area contributed by atoms with E-state index in [1.165, 1.54) is 15.8 Å². The molecule has 0 unspecified atom stereocenters. The van der Waals surface area contributed by atoms with E-state index in [0.29, 0.717) is 30.0 Å². The molecule has 2 saturated carbocycles. The second-order valence-electron chi connectivity index (χ2n) is 14.1. The second-order valence-corrected chi connectivity index (χ2v) is 16.1. The van der Waals surface area contributed by atoms with Gasteiger partial charge in [0.25, 0.3) is 11.8 Å². The number of hydrogen-bond donors (Lipinski definition) is 4. The van der Waals surface area contributed by atoms with Crippen LogP contribution in [-0.4, -0.2) is 98.7 Å². The number of nitrogens with zero attached hydrogens (tertiary/aromatic N) is 5. The molecule has 16 nitrogen and oxygen atoms in total. The monoisotopic (exact) mass is 707 g/mol. The van der Waals surface area contributed by atoms with Gasteiger partial charge in [-0.3, -0.25) is 23.9 Å². The van der Waals surface area contributed by atoms with Crippen LogP contribution in [0.4, 0.5) is 0 Å². The number of nitrogens with one attached hydrogen (secondary N) is 4. The highest BCUT2D eigenvalue weighted by Crippen LogP contribution is 2.45. The first-order chi connectivity index (χ1) is 23.7. The van der Waals surface area contributed by atoms with Crippen LogP contribution in [0.25, 0.3) is 11.4 Å². The van der Waals surface area contributed by atoms with E-state index in [1.54, 1.807) is 70.5 Å². The molecule has 266 valence electrons. The normalized spacial score (nSPS) is 23.8. The molecule has 0 bridgehead atoms. The first-order valence-electron chi connectivity index (χ1n) is 16.4. The Labute approximate surface area is 289 Å². The van der Waals surface area contributed by atoms with Gasteiger partial charge >= 0.3 is 0 Å². The zero-order chi connectivity index (χ0) is 36.0. The number of amides is 4. The standard InChI is InChI=1S/C33H41N9O7S/c1-6-20-17-33(20,31(46)39-50(47,48)23-13-14-23)36-29(44)25-16-21(42-38-27(37-40-42)19-9-11-22(49-5)12-10-19)18-41(25)30(45)26(32(2,3)4)35-28(43)24-8-7-15-34-24/h6-12,15,20-21,23,25-26,34H,1,13-14,16-18H2,2-5H3,(H,35,43)(H,36,44)(H,39,46)/t20-,21-,25+,26-,33-/m1/s1. The summed E-state index contributed by atoms with van der Waals surface area (Å²) >= 11 is 0. The molecular weight excluding hydrogens is 666 g/mol. The molecule has 50 heavy (non-hydrogen) atoms. The Balaban J connectivity index is 1.29. The quantitative estimate of drug-likeness (QED) is 0.199. The highest BCUT2D eigenvalue weighted by atomic mass is 32.2. The van der Waals surface area contributed by atoms with Crippen molar-refractivity contribution in [3.05, 3.63) is 60.9 Å². The molecule has 2 aliphatic carbocycles. The molecule has 3 aliphatic rings. The number of methoxy groups -OCH3 is 1. The lowest BCUT2D eigenvalue weighted by molar-refractivity contribution is -0.142. The Morgan fingerprint density at radius 3 is 2.44 bits per heavy atom. The number of likely N-dealkylation sites (tertiary alicyclic amines) is 1. The predicted molar refractivity (Wildman–Crippen MR) is 180 cm³/mol. The third-order valence-electron chi connectivity index (χ3n) is 9.45. The fourth-order valence-corrected chi connectivity index (χ4v) is 7.59. The summed E-state index contributed by atoms with van der Waals surface area (Å²) in [6, 6.07) is 7.52. The molecule has 5 atom stereocenters. The molecule has 6 rings (SSSR count). The maximum atomic E-state index is 14.4. The summed E-state index contributed by atoms with van der Waals surface area (Å²) in [5, 5.41) is 17.9. The fraction of sp³-hybridized carbons (Fsp3) is 0.485. The van der Waals surface area contributed by atoms with E-state index in [9.17, 15) is 27.6 Å². The van der Waals surface area contributed by atoms with E-state index in [0.717, 1.165) is 0 Å². The Hall–Kier alpha value is -5.06. The smallest absolute Gasteiger partial charge is 0.268 e. The molecule has 0 radical (unpaired) electrons. The summed E-state index contributed by atoms with van der Waals surface area (Å²) in [5.74, 6) is -2.08. The number of rotatable bonds is 12. The molecular formula is C33H41N9O7S. The molecule has 3 fully saturated rings. The van der Waals surface area contributed by atoms with E-state index in [2.05, 4.69) is 42.3 Å². The summed E-state index contributed by atoms with van der Waals surface area (Å²) in [6.07, 6.45) is 4.20. The number of aromatic nitrogens is 5. The van der Waals surface area contributed by atoms with Crippen LogP contribution >= 0.6 is 0 Å². The highest BCUT2D eigenvalue weighted by molar-refractivity contribution is 7.91. The lowest BCUT2D eigenvalue weighted by Crippen LogP contribution is -2.60. The van der Waals surface area contributed by atoms with E-state index >= 15 is 0 Å². The first kappa shape index (κ1) is 34.8. The number of hydrogen-bond acceptors (Lipinski definition) is 10. The van der Waals surface area contributed by atoms with Crippen molar-refractivity contribution >= 4 is 33.7 Å². The van der Waals surface area contributed by atoms with Gasteiger partial charge in [0.15, 0.2) is 0 Å². The minimum Gasteiger partial charge on any atom is -0.497 e. The van der Waals surface area contributed by atoms with Crippen molar-refractivity contribution in [3.8, 4) is 17.1 Å².